The summed E-state index contributed by atoms with van der Waals surface area (Å²) in [7, 11) is 0. The van der Waals surface area contributed by atoms with Gasteiger partial charge < -0.3 is 10.5 Å². The molecule has 0 saturated carbocycles. The van der Waals surface area contributed by atoms with Crippen LogP contribution in [-0.2, 0) is 4.74 Å². The van der Waals surface area contributed by atoms with E-state index in [2.05, 4.69) is 53.7 Å². The van der Waals surface area contributed by atoms with E-state index >= 15 is 0 Å². The maximum Gasteiger partial charge on any atom is 0.0663 e. The molecule has 19 heavy (non-hydrogen) atoms. The summed E-state index contributed by atoms with van der Waals surface area (Å²) < 4.78 is 5.88. The number of benzene rings is 1. The highest BCUT2D eigenvalue weighted by atomic mass is 16.5. The zero-order valence-corrected chi connectivity index (χ0v) is 13.3. The molecule has 0 spiro atoms. The van der Waals surface area contributed by atoms with E-state index in [1.165, 1.54) is 22.3 Å². The zero-order valence-electron chi connectivity index (χ0n) is 13.3. The molecular formula is C17H29NO. The number of hydrogen-bond donors (Lipinski definition) is 1. The van der Waals surface area contributed by atoms with Gasteiger partial charge in [0.15, 0.2) is 0 Å². The van der Waals surface area contributed by atoms with Gasteiger partial charge in [-0.05, 0) is 56.7 Å². The highest BCUT2D eigenvalue weighted by Gasteiger charge is 2.14. The summed E-state index contributed by atoms with van der Waals surface area (Å²) in [5.74, 6) is 0.661. The summed E-state index contributed by atoms with van der Waals surface area (Å²) >= 11 is 0. The van der Waals surface area contributed by atoms with Crippen molar-refractivity contribution in [1.82, 2.24) is 0 Å². The van der Waals surface area contributed by atoms with Crippen molar-refractivity contribution in [3.05, 3.63) is 34.4 Å². The molecule has 0 saturated heterocycles. The lowest BCUT2D eigenvalue weighted by molar-refractivity contribution is 0.0428. The van der Waals surface area contributed by atoms with Crippen molar-refractivity contribution < 1.29 is 4.74 Å². The summed E-state index contributed by atoms with van der Waals surface area (Å²) in [5, 5.41) is 0. The van der Waals surface area contributed by atoms with Gasteiger partial charge in [-0.25, -0.2) is 0 Å². The molecule has 0 radical (unpaired) electrons. The monoisotopic (exact) mass is 263 g/mol. The average molecular weight is 263 g/mol. The Morgan fingerprint density at radius 3 is 2.05 bits per heavy atom. The van der Waals surface area contributed by atoms with E-state index in [9.17, 15) is 0 Å². The Labute approximate surface area is 118 Å². The lowest BCUT2D eigenvalue weighted by atomic mass is 9.95. The smallest absolute Gasteiger partial charge is 0.0663 e. The van der Waals surface area contributed by atoms with E-state index in [1.807, 2.05) is 0 Å². The second kappa shape index (κ2) is 7.06. The fraction of sp³-hybridized carbons (Fsp3) is 0.647. The third kappa shape index (κ3) is 4.96. The lowest BCUT2D eigenvalue weighted by Crippen LogP contribution is -2.23. The molecule has 2 nitrogen and oxygen atoms in total. The van der Waals surface area contributed by atoms with Crippen LogP contribution in [0.15, 0.2) is 12.1 Å². The normalized spacial score (nSPS) is 14.7. The quantitative estimate of drug-likeness (QED) is 0.840. The SMILES string of the molecule is Cc1cc(C)c(C(N)COC(C)CC(C)C)c(C)c1. The third-order valence-corrected chi connectivity index (χ3v) is 3.47. The first kappa shape index (κ1) is 16.2. The highest BCUT2D eigenvalue weighted by molar-refractivity contribution is 5.39. The molecule has 0 fully saturated rings. The minimum Gasteiger partial charge on any atom is -0.377 e. The summed E-state index contributed by atoms with van der Waals surface area (Å²) in [6.45, 7) is 13.5. The first-order valence-electron chi connectivity index (χ1n) is 7.26. The van der Waals surface area contributed by atoms with Gasteiger partial charge in [0, 0.05) is 0 Å². The number of ether oxygens (including phenoxy) is 1. The van der Waals surface area contributed by atoms with Crippen molar-refractivity contribution in [3.63, 3.8) is 0 Å². The van der Waals surface area contributed by atoms with Crippen molar-refractivity contribution in [2.75, 3.05) is 6.61 Å². The Balaban J connectivity index is 2.66. The van der Waals surface area contributed by atoms with Crippen LogP contribution < -0.4 is 5.73 Å². The topological polar surface area (TPSA) is 35.2 Å². The fourth-order valence-corrected chi connectivity index (χ4v) is 2.86. The highest BCUT2D eigenvalue weighted by Crippen LogP contribution is 2.23. The van der Waals surface area contributed by atoms with E-state index in [0.717, 1.165) is 6.42 Å². The van der Waals surface area contributed by atoms with Crippen LogP contribution in [0.25, 0.3) is 0 Å². The van der Waals surface area contributed by atoms with Crippen LogP contribution in [0.5, 0.6) is 0 Å². The summed E-state index contributed by atoms with van der Waals surface area (Å²) in [6.07, 6.45) is 1.36. The molecule has 1 aromatic carbocycles. The molecule has 0 amide bonds. The van der Waals surface area contributed by atoms with E-state index in [0.29, 0.717) is 12.5 Å². The van der Waals surface area contributed by atoms with Crippen molar-refractivity contribution in [1.29, 1.82) is 0 Å². The molecule has 0 aliphatic carbocycles. The average Bonchev–Trinajstić information content (AvgIpc) is 2.23. The Morgan fingerprint density at radius 2 is 1.58 bits per heavy atom. The predicted molar refractivity (Wildman–Crippen MR) is 82.5 cm³/mol. The summed E-state index contributed by atoms with van der Waals surface area (Å²) in [4.78, 5) is 0. The number of nitrogens with two attached hydrogens (primary N) is 1. The second-order valence-corrected chi connectivity index (χ2v) is 6.19. The molecule has 0 aliphatic rings. The van der Waals surface area contributed by atoms with Crippen molar-refractivity contribution in [2.45, 2.75) is 60.1 Å². The first-order valence-corrected chi connectivity index (χ1v) is 7.26. The van der Waals surface area contributed by atoms with Gasteiger partial charge in [0.25, 0.3) is 0 Å². The van der Waals surface area contributed by atoms with Crippen LogP contribution in [0, 0.1) is 26.7 Å². The minimum atomic E-state index is -0.0322. The van der Waals surface area contributed by atoms with E-state index in [-0.39, 0.29) is 12.1 Å². The maximum atomic E-state index is 6.30. The Bertz CT molecular complexity index is 389. The molecule has 0 aliphatic heterocycles. The van der Waals surface area contributed by atoms with Gasteiger partial charge in [-0.3, -0.25) is 0 Å². The molecule has 2 atom stereocenters. The maximum absolute atomic E-state index is 6.30. The van der Waals surface area contributed by atoms with Gasteiger partial charge in [0.2, 0.25) is 0 Å². The second-order valence-electron chi connectivity index (χ2n) is 6.19. The predicted octanol–water partition coefficient (Wildman–Crippen LogP) is 4.06. The Morgan fingerprint density at radius 1 is 1.05 bits per heavy atom. The van der Waals surface area contributed by atoms with Crippen LogP contribution in [0.1, 0.15) is 55.5 Å². The number of aryl methyl sites for hydroxylation is 3. The van der Waals surface area contributed by atoms with Crippen LogP contribution >= 0.6 is 0 Å². The molecule has 0 heterocycles. The van der Waals surface area contributed by atoms with Gasteiger partial charge in [-0.1, -0.05) is 31.5 Å². The van der Waals surface area contributed by atoms with Gasteiger partial charge in [-0.15, -0.1) is 0 Å². The van der Waals surface area contributed by atoms with E-state index in [1.54, 1.807) is 0 Å². The molecular weight excluding hydrogens is 234 g/mol. The fourth-order valence-electron chi connectivity index (χ4n) is 2.86. The van der Waals surface area contributed by atoms with Crippen LogP contribution in [0.4, 0.5) is 0 Å². The Kier molecular flexibility index (Phi) is 6.02. The summed E-state index contributed by atoms with van der Waals surface area (Å²) in [6, 6.07) is 4.36. The lowest BCUT2D eigenvalue weighted by Gasteiger charge is -2.21. The number of rotatable bonds is 6. The van der Waals surface area contributed by atoms with E-state index in [4.69, 9.17) is 10.5 Å². The van der Waals surface area contributed by atoms with Gasteiger partial charge in [0.05, 0.1) is 18.8 Å². The zero-order chi connectivity index (χ0) is 14.6. The molecule has 108 valence electrons. The molecule has 0 aromatic heterocycles. The van der Waals surface area contributed by atoms with Crippen molar-refractivity contribution in [3.8, 4) is 0 Å². The Hall–Kier alpha value is -0.860. The van der Waals surface area contributed by atoms with Gasteiger partial charge in [0.1, 0.15) is 0 Å². The number of hydrogen-bond acceptors (Lipinski definition) is 2. The molecule has 2 heteroatoms. The third-order valence-electron chi connectivity index (χ3n) is 3.47. The molecule has 2 N–H and O–H groups in total. The minimum absolute atomic E-state index is 0.0322. The first-order chi connectivity index (χ1) is 8.81. The van der Waals surface area contributed by atoms with Crippen LogP contribution in [0.2, 0.25) is 0 Å². The van der Waals surface area contributed by atoms with Crippen LogP contribution in [-0.4, -0.2) is 12.7 Å². The standard InChI is InChI=1S/C17H29NO/c1-11(2)7-15(6)19-10-16(18)17-13(4)8-12(3)9-14(17)5/h8-9,11,15-16H,7,10,18H2,1-6H3. The molecule has 2 unspecified atom stereocenters. The molecule has 1 rings (SSSR count). The van der Waals surface area contributed by atoms with Gasteiger partial charge in [-0.2, -0.15) is 0 Å². The summed E-state index contributed by atoms with van der Waals surface area (Å²) in [5.41, 5.74) is 11.4. The largest absolute Gasteiger partial charge is 0.377 e. The van der Waals surface area contributed by atoms with Crippen molar-refractivity contribution >= 4 is 0 Å². The van der Waals surface area contributed by atoms with E-state index < -0.39 is 0 Å². The molecule has 1 aromatic rings. The van der Waals surface area contributed by atoms with Gasteiger partial charge >= 0.3 is 0 Å². The van der Waals surface area contributed by atoms with Crippen LogP contribution in [0.3, 0.4) is 0 Å². The molecule has 0 bridgehead atoms. The van der Waals surface area contributed by atoms with Crippen molar-refractivity contribution in [2.24, 2.45) is 11.7 Å².